The van der Waals surface area contributed by atoms with Crippen LogP contribution in [0.2, 0.25) is 10.0 Å². The van der Waals surface area contributed by atoms with Crippen LogP contribution in [0.25, 0.3) is 11.1 Å². The number of rotatable bonds is 15. The summed E-state index contributed by atoms with van der Waals surface area (Å²) in [6.07, 6.45) is 2.02. The van der Waals surface area contributed by atoms with Gasteiger partial charge in [0.2, 0.25) is 5.91 Å². The van der Waals surface area contributed by atoms with Crippen LogP contribution in [0.1, 0.15) is 46.0 Å². The molecule has 266 valence electrons. The highest BCUT2D eigenvalue weighted by Gasteiger charge is 2.26. The third kappa shape index (κ3) is 11.9. The first-order chi connectivity index (χ1) is 24.7. The first kappa shape index (κ1) is 38.4. The monoisotopic (exact) mass is 730 g/mol. The van der Waals surface area contributed by atoms with Crippen molar-refractivity contribution in [1.82, 2.24) is 21.3 Å². The number of aliphatic imine (C=N–C) groups is 1. The lowest BCUT2D eigenvalue weighted by atomic mass is 10.0. The van der Waals surface area contributed by atoms with Crippen molar-refractivity contribution in [2.45, 2.75) is 32.4 Å². The molecule has 4 rings (SSSR count). The molecule has 0 aliphatic carbocycles. The van der Waals surface area contributed by atoms with Gasteiger partial charge in [-0.15, -0.1) is 0 Å². The molecule has 0 aromatic heterocycles. The number of ether oxygens (including phenoxy) is 1. The second-order valence-electron chi connectivity index (χ2n) is 11.3. The summed E-state index contributed by atoms with van der Waals surface area (Å²) < 4.78 is 5.47. The third-order valence-electron chi connectivity index (χ3n) is 7.54. The highest BCUT2D eigenvalue weighted by atomic mass is 35.5. The van der Waals surface area contributed by atoms with Crippen LogP contribution in [-0.4, -0.2) is 62.4 Å². The van der Waals surface area contributed by atoms with Crippen molar-refractivity contribution >= 4 is 58.5 Å². The Morgan fingerprint density at radius 3 is 2.14 bits per heavy atom. The quantitative estimate of drug-likeness (QED) is 0.0447. The van der Waals surface area contributed by atoms with E-state index in [1.54, 1.807) is 67.7 Å². The van der Waals surface area contributed by atoms with E-state index in [1.807, 2.05) is 36.4 Å². The molecule has 13 heteroatoms. The molecule has 0 bridgehead atoms. The van der Waals surface area contributed by atoms with Crippen molar-refractivity contribution in [1.29, 1.82) is 0 Å². The molecule has 0 aliphatic heterocycles. The molecule has 0 saturated heterocycles. The topological polar surface area (TPSA) is 150 Å². The van der Waals surface area contributed by atoms with Gasteiger partial charge in [-0.05, 0) is 53.4 Å². The minimum Gasteiger partial charge on any atom is -0.459 e. The van der Waals surface area contributed by atoms with Crippen LogP contribution in [0.5, 0.6) is 0 Å². The van der Waals surface area contributed by atoms with E-state index >= 15 is 0 Å². The molecule has 0 aliphatic rings. The Morgan fingerprint density at radius 1 is 0.784 bits per heavy atom. The molecule has 0 radical (unpaired) electrons. The smallest absolute Gasteiger partial charge is 0.330 e. The number of hydrogen-bond acceptors (Lipinski definition) is 6. The Morgan fingerprint density at radius 2 is 1.47 bits per heavy atom. The lowest BCUT2D eigenvalue weighted by Gasteiger charge is -2.19. The number of nitrogens with one attached hydrogen (secondary N) is 5. The largest absolute Gasteiger partial charge is 0.459 e. The van der Waals surface area contributed by atoms with E-state index in [9.17, 15) is 19.2 Å². The fourth-order valence-electron chi connectivity index (χ4n) is 4.82. The predicted octanol–water partition coefficient (Wildman–Crippen LogP) is 5.84. The molecule has 0 spiro atoms. The first-order valence-electron chi connectivity index (χ1n) is 16.4. The second-order valence-corrected chi connectivity index (χ2v) is 12.2. The highest BCUT2D eigenvalue weighted by molar-refractivity contribution is 6.40. The molecule has 4 aromatic rings. The number of nitrogens with zero attached hydrogens (tertiary/aromatic N) is 1. The number of halogens is 2. The number of esters is 1. The van der Waals surface area contributed by atoms with Gasteiger partial charge in [-0.1, -0.05) is 103 Å². The van der Waals surface area contributed by atoms with E-state index in [-0.39, 0.29) is 28.8 Å². The summed E-state index contributed by atoms with van der Waals surface area (Å²) in [4.78, 5) is 56.6. The normalized spacial score (nSPS) is 11.6. The number of carbonyl (C=O) groups is 4. The van der Waals surface area contributed by atoms with Crippen LogP contribution < -0.4 is 26.6 Å². The minimum atomic E-state index is -1.31. The van der Waals surface area contributed by atoms with E-state index in [2.05, 4.69) is 38.5 Å². The summed E-state index contributed by atoms with van der Waals surface area (Å²) in [6.45, 7) is 2.06. The molecular weight excluding hydrogens is 691 g/mol. The zero-order valence-electron chi connectivity index (χ0n) is 28.3. The Bertz CT molecular complexity index is 1820. The van der Waals surface area contributed by atoms with Gasteiger partial charge in [0, 0.05) is 31.4 Å². The van der Waals surface area contributed by atoms with Crippen LogP contribution in [0.15, 0.2) is 102 Å². The van der Waals surface area contributed by atoms with Gasteiger partial charge >= 0.3 is 5.97 Å². The number of carbonyl (C=O) groups excluding carboxylic acids is 4. The highest BCUT2D eigenvalue weighted by Crippen LogP contribution is 2.32. The van der Waals surface area contributed by atoms with Crippen LogP contribution >= 0.6 is 23.2 Å². The molecule has 51 heavy (non-hydrogen) atoms. The van der Waals surface area contributed by atoms with Crippen molar-refractivity contribution in [2.75, 3.05) is 32.0 Å². The summed E-state index contributed by atoms with van der Waals surface area (Å²) in [5, 5.41) is 14.2. The fraction of sp³-hybridized carbons (Fsp3) is 0.237. The van der Waals surface area contributed by atoms with Gasteiger partial charge in [0.05, 0.1) is 22.2 Å². The Balaban J connectivity index is 1.39. The molecule has 0 unspecified atom stereocenters. The maximum absolute atomic E-state index is 13.4. The summed E-state index contributed by atoms with van der Waals surface area (Å²) >= 11 is 13.0. The maximum atomic E-state index is 13.4. The van der Waals surface area contributed by atoms with E-state index in [0.29, 0.717) is 22.8 Å². The second kappa shape index (κ2) is 19.7. The summed E-state index contributed by atoms with van der Waals surface area (Å²) in [5.41, 5.74) is 3.21. The summed E-state index contributed by atoms with van der Waals surface area (Å²) in [6, 6.07) is 27.0. The van der Waals surface area contributed by atoms with Crippen molar-refractivity contribution in [3.8, 4) is 11.1 Å². The van der Waals surface area contributed by atoms with Gasteiger partial charge in [0.25, 0.3) is 11.8 Å². The molecule has 0 fully saturated rings. The van der Waals surface area contributed by atoms with Gasteiger partial charge in [0.1, 0.15) is 12.6 Å². The predicted molar refractivity (Wildman–Crippen MR) is 201 cm³/mol. The SMILES string of the molecule is CCCCNC(=NC)Nc1cccc(C(=O)NCC(=O)NC[C@H](NC(=O)c2c(Cl)cc(-c3ccccc3)cc2Cl)C(=O)OCc2ccccc2)c1. The average Bonchev–Trinajstić information content (AvgIpc) is 3.14. The van der Waals surface area contributed by atoms with Crippen molar-refractivity contribution in [2.24, 2.45) is 4.99 Å². The van der Waals surface area contributed by atoms with Crippen molar-refractivity contribution in [3.63, 3.8) is 0 Å². The van der Waals surface area contributed by atoms with Crippen molar-refractivity contribution in [3.05, 3.63) is 124 Å². The molecule has 0 saturated carbocycles. The van der Waals surface area contributed by atoms with Crippen LogP contribution in [0.4, 0.5) is 5.69 Å². The zero-order valence-corrected chi connectivity index (χ0v) is 29.8. The molecule has 11 nitrogen and oxygen atoms in total. The van der Waals surface area contributed by atoms with Gasteiger partial charge in [-0.2, -0.15) is 0 Å². The van der Waals surface area contributed by atoms with Gasteiger partial charge in [-0.25, -0.2) is 4.79 Å². The first-order valence-corrected chi connectivity index (χ1v) is 17.1. The molecule has 3 amide bonds. The number of unbranched alkanes of at least 4 members (excludes halogenated alkanes) is 1. The molecule has 1 atom stereocenters. The Labute approximate surface area is 307 Å². The average molecular weight is 732 g/mol. The molecule has 4 aromatic carbocycles. The van der Waals surface area contributed by atoms with Gasteiger partial charge in [0.15, 0.2) is 5.96 Å². The standard InChI is InChI=1S/C38H40Cl2N6O5/c1-3-4-18-42-38(41-2)45-29-17-11-16-27(19-29)35(48)44-23-33(47)43-22-32(37(50)51-24-25-12-7-5-8-13-25)46-36(49)34-30(39)20-28(21-31(34)40)26-14-9-6-10-15-26/h5-17,19-21,32H,3-4,18,22-24H2,1-2H3,(H,43,47)(H,44,48)(H,46,49)(H2,41,42,45)/t32-/m0/s1. The third-order valence-corrected chi connectivity index (χ3v) is 8.13. The number of amides is 3. The minimum absolute atomic E-state index is 0.0387. The lowest BCUT2D eigenvalue weighted by Crippen LogP contribution is -2.50. The molecular formula is C38H40Cl2N6O5. The van der Waals surface area contributed by atoms with Gasteiger partial charge < -0.3 is 31.3 Å². The molecule has 0 heterocycles. The van der Waals surface area contributed by atoms with Crippen LogP contribution in [-0.2, 0) is 20.9 Å². The van der Waals surface area contributed by atoms with Gasteiger partial charge in [-0.3, -0.25) is 19.4 Å². The van der Waals surface area contributed by atoms with Crippen molar-refractivity contribution < 1.29 is 23.9 Å². The Hall–Kier alpha value is -5.39. The summed E-state index contributed by atoms with van der Waals surface area (Å²) in [5.74, 6) is -2.06. The fourth-order valence-corrected chi connectivity index (χ4v) is 5.48. The summed E-state index contributed by atoms with van der Waals surface area (Å²) in [7, 11) is 1.66. The van der Waals surface area contributed by atoms with E-state index in [0.717, 1.165) is 30.5 Å². The molecule has 5 N–H and O–H groups in total. The Kier molecular flexibility index (Phi) is 14.8. The number of anilines is 1. The number of guanidine groups is 1. The van der Waals surface area contributed by atoms with E-state index in [1.165, 1.54) is 0 Å². The van der Waals surface area contributed by atoms with Crippen LogP contribution in [0.3, 0.4) is 0 Å². The lowest BCUT2D eigenvalue weighted by molar-refractivity contribution is -0.147. The van der Waals surface area contributed by atoms with E-state index in [4.69, 9.17) is 27.9 Å². The van der Waals surface area contributed by atoms with E-state index < -0.39 is 36.3 Å². The maximum Gasteiger partial charge on any atom is 0.330 e. The number of benzene rings is 4. The zero-order chi connectivity index (χ0) is 36.6. The number of hydrogen-bond donors (Lipinski definition) is 5. The van der Waals surface area contributed by atoms with Crippen LogP contribution in [0, 0.1) is 0 Å².